The predicted molar refractivity (Wildman–Crippen MR) is 106 cm³/mol. The molecule has 0 saturated heterocycles. The molecule has 1 aliphatic rings. The molecule has 1 heterocycles. The Hall–Kier alpha value is -1.08. The summed E-state index contributed by atoms with van der Waals surface area (Å²) in [6.45, 7) is 3.09. The first-order valence-corrected chi connectivity index (χ1v) is 9.69. The van der Waals surface area contributed by atoms with Crippen LogP contribution in [0.5, 0.6) is 5.75 Å². The fourth-order valence-corrected chi connectivity index (χ4v) is 3.03. The monoisotopic (exact) mass is 443 g/mol. The van der Waals surface area contributed by atoms with Crippen LogP contribution in [0.2, 0.25) is 0 Å². The summed E-state index contributed by atoms with van der Waals surface area (Å²) >= 11 is 2.24. The fourth-order valence-electron chi connectivity index (χ4n) is 2.67. The van der Waals surface area contributed by atoms with Crippen molar-refractivity contribution in [2.24, 2.45) is 4.99 Å². The maximum atomic E-state index is 9.62. The van der Waals surface area contributed by atoms with Crippen LogP contribution in [0.4, 0.5) is 0 Å². The Morgan fingerprint density at radius 2 is 2.12 bits per heavy atom. The molecular formula is C19H26INO3. The van der Waals surface area contributed by atoms with Crippen molar-refractivity contribution >= 4 is 28.5 Å². The molecule has 0 saturated carbocycles. The molecule has 5 heteroatoms. The van der Waals surface area contributed by atoms with E-state index in [0.29, 0.717) is 12.5 Å². The van der Waals surface area contributed by atoms with Crippen LogP contribution in [0.15, 0.2) is 39.4 Å². The Balaban J connectivity index is 1.74. The van der Waals surface area contributed by atoms with Gasteiger partial charge in [0.15, 0.2) is 5.90 Å². The van der Waals surface area contributed by atoms with Gasteiger partial charge in [0.05, 0.1) is 13.2 Å². The lowest BCUT2D eigenvalue weighted by atomic mass is 9.94. The van der Waals surface area contributed by atoms with Crippen LogP contribution in [0.3, 0.4) is 0 Å². The Morgan fingerprint density at radius 3 is 2.75 bits per heavy atom. The molecule has 0 radical (unpaired) electrons. The number of aliphatic hydroxyl groups is 1. The molecule has 0 fully saturated rings. The van der Waals surface area contributed by atoms with Gasteiger partial charge in [-0.05, 0) is 53.9 Å². The van der Waals surface area contributed by atoms with E-state index in [1.165, 1.54) is 5.56 Å². The van der Waals surface area contributed by atoms with Crippen molar-refractivity contribution in [3.63, 3.8) is 0 Å². The average molecular weight is 443 g/mol. The van der Waals surface area contributed by atoms with E-state index in [-0.39, 0.29) is 6.61 Å². The molecule has 1 aromatic rings. The van der Waals surface area contributed by atoms with Crippen LogP contribution in [-0.4, -0.2) is 36.4 Å². The minimum Gasteiger partial charge on any atom is -0.494 e. The van der Waals surface area contributed by atoms with E-state index >= 15 is 0 Å². The summed E-state index contributed by atoms with van der Waals surface area (Å²) in [5.41, 5.74) is 0.758. The molecule has 0 aromatic heterocycles. The van der Waals surface area contributed by atoms with Crippen LogP contribution in [-0.2, 0) is 11.2 Å². The van der Waals surface area contributed by atoms with E-state index in [2.05, 4.69) is 49.9 Å². The second-order valence-electron chi connectivity index (χ2n) is 6.15. The van der Waals surface area contributed by atoms with Crippen molar-refractivity contribution in [1.29, 1.82) is 0 Å². The lowest BCUT2D eigenvalue weighted by Gasteiger charge is -2.21. The highest BCUT2D eigenvalue weighted by atomic mass is 127. The van der Waals surface area contributed by atoms with Gasteiger partial charge in [-0.15, -0.1) is 0 Å². The van der Waals surface area contributed by atoms with Crippen LogP contribution >= 0.6 is 22.6 Å². The second kappa shape index (κ2) is 10.0. The number of benzene rings is 1. The highest BCUT2D eigenvalue weighted by molar-refractivity contribution is 14.1. The Kier molecular flexibility index (Phi) is 8.05. The molecule has 4 nitrogen and oxygen atoms in total. The molecule has 132 valence electrons. The number of hydrogen-bond donors (Lipinski definition) is 1. The summed E-state index contributed by atoms with van der Waals surface area (Å²) in [6, 6.07) is 8.22. The van der Waals surface area contributed by atoms with E-state index in [1.807, 2.05) is 19.1 Å². The van der Waals surface area contributed by atoms with Crippen molar-refractivity contribution in [1.82, 2.24) is 0 Å². The van der Waals surface area contributed by atoms with Gasteiger partial charge in [-0.3, -0.25) is 0 Å². The summed E-state index contributed by atoms with van der Waals surface area (Å²) < 4.78 is 13.2. The van der Waals surface area contributed by atoms with Crippen LogP contribution < -0.4 is 4.74 Å². The molecular weight excluding hydrogens is 417 g/mol. The summed E-state index contributed by atoms with van der Waals surface area (Å²) in [6.07, 6.45) is 7.16. The lowest BCUT2D eigenvalue weighted by Crippen LogP contribution is -2.33. The zero-order valence-electron chi connectivity index (χ0n) is 14.2. The van der Waals surface area contributed by atoms with E-state index in [4.69, 9.17) is 9.47 Å². The zero-order chi connectivity index (χ0) is 17.3. The number of hydrogen-bond acceptors (Lipinski definition) is 4. The van der Waals surface area contributed by atoms with Crippen LogP contribution in [0, 0.1) is 0 Å². The third kappa shape index (κ3) is 6.09. The maximum Gasteiger partial charge on any atom is 0.180 e. The first-order valence-electron chi connectivity index (χ1n) is 8.44. The molecule has 1 unspecified atom stereocenters. The molecule has 1 aromatic carbocycles. The third-order valence-electron chi connectivity index (χ3n) is 4.16. The fraction of sp³-hybridized carbons (Fsp3) is 0.526. The predicted octanol–water partition coefficient (Wildman–Crippen LogP) is 4.30. The van der Waals surface area contributed by atoms with E-state index in [1.54, 1.807) is 0 Å². The van der Waals surface area contributed by atoms with Gasteiger partial charge in [0, 0.05) is 6.92 Å². The van der Waals surface area contributed by atoms with E-state index in [9.17, 15) is 5.11 Å². The van der Waals surface area contributed by atoms with Gasteiger partial charge in [-0.25, -0.2) is 4.99 Å². The average Bonchev–Trinajstić information content (AvgIpc) is 2.99. The van der Waals surface area contributed by atoms with E-state index < -0.39 is 5.54 Å². The number of aryl methyl sites for hydroxylation is 1. The minimum absolute atomic E-state index is 0.0261. The first kappa shape index (κ1) is 19.2. The number of allylic oxidation sites excluding steroid dienone is 1. The zero-order valence-corrected chi connectivity index (χ0v) is 16.4. The number of rotatable bonds is 10. The van der Waals surface area contributed by atoms with Gasteiger partial charge in [0.1, 0.15) is 17.9 Å². The molecule has 0 bridgehead atoms. The molecule has 1 atom stereocenters. The molecule has 0 spiro atoms. The minimum atomic E-state index is -0.467. The smallest absolute Gasteiger partial charge is 0.180 e. The van der Waals surface area contributed by atoms with Crippen molar-refractivity contribution in [3.8, 4) is 5.75 Å². The van der Waals surface area contributed by atoms with Crippen molar-refractivity contribution in [3.05, 3.63) is 40.0 Å². The standard InChI is InChI=1S/C19H26INO3/c1-16-21-19(14-22,15-24-16)11-10-17-6-8-18(9-7-17)23-13-5-3-2-4-12-20/h4,6-9,12,22H,2-3,5,10-11,13-15H2,1H3/b12-4-. The maximum absolute atomic E-state index is 9.62. The van der Waals surface area contributed by atoms with Gasteiger partial charge >= 0.3 is 0 Å². The summed E-state index contributed by atoms with van der Waals surface area (Å²) in [5, 5.41) is 9.62. The molecule has 2 rings (SSSR count). The topological polar surface area (TPSA) is 51.1 Å². The van der Waals surface area contributed by atoms with Crippen molar-refractivity contribution in [2.45, 2.75) is 44.6 Å². The lowest BCUT2D eigenvalue weighted by molar-refractivity contribution is 0.150. The van der Waals surface area contributed by atoms with E-state index in [0.717, 1.165) is 44.5 Å². The summed E-state index contributed by atoms with van der Waals surface area (Å²) in [7, 11) is 0. The molecule has 24 heavy (non-hydrogen) atoms. The van der Waals surface area contributed by atoms with Crippen LogP contribution in [0.25, 0.3) is 0 Å². The quantitative estimate of drug-likeness (QED) is 0.434. The number of unbranched alkanes of at least 4 members (excludes halogenated alkanes) is 2. The highest BCUT2D eigenvalue weighted by Gasteiger charge is 2.34. The van der Waals surface area contributed by atoms with Gasteiger partial charge in [0.25, 0.3) is 0 Å². The number of aliphatic hydroxyl groups excluding tert-OH is 1. The molecule has 0 amide bonds. The third-order valence-corrected chi connectivity index (χ3v) is 4.67. The van der Waals surface area contributed by atoms with Crippen molar-refractivity contribution < 1.29 is 14.6 Å². The number of halogens is 1. The normalized spacial score (nSPS) is 20.2. The van der Waals surface area contributed by atoms with Gasteiger partial charge < -0.3 is 14.6 Å². The first-order chi connectivity index (χ1) is 11.7. The Labute approximate surface area is 158 Å². The number of nitrogens with zero attached hydrogens (tertiary/aromatic N) is 1. The highest BCUT2D eigenvalue weighted by Crippen LogP contribution is 2.25. The number of aliphatic imine (C=N–C) groups is 1. The van der Waals surface area contributed by atoms with Crippen molar-refractivity contribution in [2.75, 3.05) is 19.8 Å². The Morgan fingerprint density at radius 1 is 1.33 bits per heavy atom. The van der Waals surface area contributed by atoms with Gasteiger partial charge in [-0.1, -0.05) is 40.8 Å². The SMILES string of the molecule is CC1=NC(CO)(CCc2ccc(OCCCC/C=C\I)cc2)CO1. The van der Waals surface area contributed by atoms with Crippen LogP contribution in [0.1, 0.15) is 38.2 Å². The second-order valence-corrected chi connectivity index (χ2v) is 6.87. The molecule has 1 aliphatic heterocycles. The van der Waals surface area contributed by atoms with Gasteiger partial charge in [-0.2, -0.15) is 0 Å². The number of ether oxygens (including phenoxy) is 2. The Bertz CT molecular complexity index is 556. The summed E-state index contributed by atoms with van der Waals surface area (Å²) in [4.78, 5) is 4.46. The molecule has 0 aliphatic carbocycles. The van der Waals surface area contributed by atoms with Gasteiger partial charge in [0.2, 0.25) is 0 Å². The largest absolute Gasteiger partial charge is 0.494 e. The summed E-state index contributed by atoms with van der Waals surface area (Å²) in [5.74, 6) is 1.58. The molecule has 1 N–H and O–H groups in total.